The second kappa shape index (κ2) is 13.6. The third kappa shape index (κ3) is 7.92. The number of hydrogen-bond donors (Lipinski definition) is 2. The average molecular weight is 520 g/mol. The average Bonchev–Trinajstić information content (AvgIpc) is 2.66. The number of rotatable bonds is 8. The second-order valence-corrected chi connectivity index (χ2v) is 7.42. The second-order valence-electron chi connectivity index (χ2n) is 5.55. The van der Waals surface area contributed by atoms with E-state index in [2.05, 4.69) is 20.5 Å². The molecule has 2 aromatic carbocycles. The van der Waals surface area contributed by atoms with Gasteiger partial charge >= 0.3 is 59.1 Å². The molecule has 0 atom stereocenters. The van der Waals surface area contributed by atoms with Crippen molar-refractivity contribution in [1.82, 2.24) is 0 Å². The summed E-state index contributed by atoms with van der Waals surface area (Å²) in [4.78, 5) is 22.0. The molecule has 0 heterocycles. The van der Waals surface area contributed by atoms with Crippen LogP contribution in [0.25, 0.3) is 12.2 Å². The Morgan fingerprint density at radius 2 is 1.70 bits per heavy atom. The molecular formula is C18H19BrNa2O8P-. The van der Waals surface area contributed by atoms with Crippen LogP contribution < -0.4 is 82.9 Å². The predicted octanol–water partition coefficient (Wildman–Crippen LogP) is -4.05. The first kappa shape index (κ1) is 30.1. The summed E-state index contributed by atoms with van der Waals surface area (Å²) in [6, 6.07) is 6.46. The first-order valence-corrected chi connectivity index (χ1v) is 10.2. The molecule has 0 unspecified atom stereocenters. The Morgan fingerprint density at radius 1 is 1.07 bits per heavy atom. The fourth-order valence-corrected chi connectivity index (χ4v) is 3.62. The van der Waals surface area contributed by atoms with Crippen LogP contribution >= 0.6 is 23.8 Å². The minimum absolute atomic E-state index is 0. The topological polar surface area (TPSA) is 131 Å². The van der Waals surface area contributed by atoms with E-state index in [9.17, 15) is 24.6 Å². The Hall–Kier alpha value is 0.130. The zero-order valence-corrected chi connectivity index (χ0v) is 23.5. The fraction of sp³-hybridized carbons (Fsp3) is 0.222. The first-order valence-electron chi connectivity index (χ1n) is 7.91. The summed E-state index contributed by atoms with van der Waals surface area (Å²) in [7, 11) is -2.51. The summed E-state index contributed by atoms with van der Waals surface area (Å²) in [5.41, 5.74) is 2.18. The van der Waals surface area contributed by atoms with E-state index < -0.39 is 7.82 Å². The van der Waals surface area contributed by atoms with E-state index in [0.29, 0.717) is 28.0 Å². The normalized spacial score (nSPS) is 10.9. The summed E-state index contributed by atoms with van der Waals surface area (Å²) in [5.74, 6) is 0.250. The smallest absolute Gasteiger partial charge is 1.00 e. The molecule has 0 aliphatic heterocycles. The van der Waals surface area contributed by atoms with Crippen LogP contribution in [-0.4, -0.2) is 24.4 Å². The van der Waals surface area contributed by atoms with Gasteiger partial charge in [0.05, 0.1) is 31.9 Å². The van der Waals surface area contributed by atoms with Crippen molar-refractivity contribution >= 4 is 35.9 Å². The molecule has 30 heavy (non-hydrogen) atoms. The van der Waals surface area contributed by atoms with Crippen LogP contribution in [0.5, 0.6) is 17.2 Å². The molecule has 0 aliphatic carbocycles. The molecule has 0 bridgehead atoms. The van der Waals surface area contributed by atoms with Crippen molar-refractivity contribution in [1.29, 1.82) is 0 Å². The molecule has 0 aliphatic rings. The molecule has 2 aromatic rings. The molecule has 0 aromatic heterocycles. The van der Waals surface area contributed by atoms with Gasteiger partial charge in [-0.15, -0.1) is 0 Å². The first-order chi connectivity index (χ1) is 13.2. The summed E-state index contributed by atoms with van der Waals surface area (Å²) in [6.45, 7) is -0.557. The van der Waals surface area contributed by atoms with E-state index in [1.54, 1.807) is 30.4 Å². The van der Waals surface area contributed by atoms with Gasteiger partial charge in [0.25, 0.3) is 0 Å². The monoisotopic (exact) mass is 519 g/mol. The largest absolute Gasteiger partial charge is 1.00 e. The number of benzene rings is 2. The van der Waals surface area contributed by atoms with Crippen molar-refractivity contribution in [3.05, 3.63) is 51.0 Å². The van der Waals surface area contributed by atoms with Gasteiger partial charge in [-0.3, -0.25) is 0 Å². The predicted molar refractivity (Wildman–Crippen MR) is 104 cm³/mol. The van der Waals surface area contributed by atoms with Gasteiger partial charge < -0.3 is 40.0 Å². The maximum atomic E-state index is 11.0. The van der Waals surface area contributed by atoms with Crippen molar-refractivity contribution in [2.45, 2.75) is 13.2 Å². The van der Waals surface area contributed by atoms with Crippen LogP contribution in [0.4, 0.5) is 0 Å². The van der Waals surface area contributed by atoms with Crippen molar-refractivity contribution in [2.24, 2.45) is 0 Å². The van der Waals surface area contributed by atoms with Crippen LogP contribution in [0.2, 0.25) is 0 Å². The molecule has 2 N–H and O–H groups in total. The van der Waals surface area contributed by atoms with E-state index in [-0.39, 0.29) is 89.7 Å². The molecule has 0 radical (unpaired) electrons. The Kier molecular flexibility index (Phi) is 13.7. The number of halogens is 1. The molecule has 8 nitrogen and oxygen atoms in total. The molecule has 154 valence electrons. The van der Waals surface area contributed by atoms with E-state index in [4.69, 9.17) is 9.47 Å². The number of hydrogen-bond acceptors (Lipinski definition) is 8. The van der Waals surface area contributed by atoms with Gasteiger partial charge in [-0.25, -0.2) is 0 Å². The van der Waals surface area contributed by atoms with Gasteiger partial charge in [-0.05, 0) is 56.9 Å². The quantitative estimate of drug-likeness (QED) is 0.205. The SMILES string of the molecule is COc1cc(/C=C\c2ccc(OC)c(OP(=O)([O-])[O-])c2Br)cc(CO)c1CO.[H-].[Na+].[Na+]. The Morgan fingerprint density at radius 3 is 2.20 bits per heavy atom. The van der Waals surface area contributed by atoms with Gasteiger partial charge in [0.15, 0.2) is 11.5 Å². The van der Waals surface area contributed by atoms with Gasteiger partial charge in [0, 0.05) is 5.56 Å². The summed E-state index contributed by atoms with van der Waals surface area (Å²) < 4.78 is 26.0. The van der Waals surface area contributed by atoms with Crippen LogP contribution in [0, 0.1) is 0 Å². The van der Waals surface area contributed by atoms with Gasteiger partial charge in [0.1, 0.15) is 13.6 Å². The van der Waals surface area contributed by atoms with Gasteiger partial charge in [0.2, 0.25) is 0 Å². The zero-order valence-electron chi connectivity index (χ0n) is 18.0. The molecule has 12 heteroatoms. The number of aliphatic hydroxyl groups excluding tert-OH is 2. The maximum absolute atomic E-state index is 11.0. The molecule has 0 fully saturated rings. The van der Waals surface area contributed by atoms with Crippen molar-refractivity contribution < 1.29 is 99.1 Å². The maximum Gasteiger partial charge on any atom is 1.00 e. The van der Waals surface area contributed by atoms with Crippen molar-refractivity contribution in [3.63, 3.8) is 0 Å². The minimum Gasteiger partial charge on any atom is -1.00 e. The van der Waals surface area contributed by atoms with Crippen LogP contribution in [0.3, 0.4) is 0 Å². The zero-order chi connectivity index (χ0) is 20.9. The number of phosphoric acid groups is 1. The Labute approximate surface area is 228 Å². The molecule has 0 saturated carbocycles. The summed E-state index contributed by atoms with van der Waals surface area (Å²) in [5, 5.41) is 19.0. The van der Waals surface area contributed by atoms with Crippen molar-refractivity contribution in [3.8, 4) is 17.2 Å². The van der Waals surface area contributed by atoms with Gasteiger partial charge in [-0.2, -0.15) is 0 Å². The number of phosphoric ester groups is 1. The van der Waals surface area contributed by atoms with Crippen molar-refractivity contribution in [2.75, 3.05) is 14.2 Å². The number of aliphatic hydroxyl groups is 2. The molecular weight excluding hydrogens is 501 g/mol. The third-order valence-electron chi connectivity index (χ3n) is 3.84. The Bertz CT molecular complexity index is 914. The van der Waals surface area contributed by atoms with Crippen LogP contribution in [0.1, 0.15) is 23.7 Å². The van der Waals surface area contributed by atoms with E-state index in [1.165, 1.54) is 20.3 Å². The molecule has 0 spiro atoms. The summed E-state index contributed by atoms with van der Waals surface area (Å²) >= 11 is 3.23. The third-order valence-corrected chi connectivity index (χ3v) is 5.07. The number of ether oxygens (including phenoxy) is 2. The van der Waals surface area contributed by atoms with Crippen LogP contribution in [0.15, 0.2) is 28.7 Å². The molecule has 0 amide bonds. The fourth-order valence-electron chi connectivity index (χ4n) is 2.55. The van der Waals surface area contributed by atoms with E-state index in [0.717, 1.165) is 0 Å². The van der Waals surface area contributed by atoms with Gasteiger partial charge in [-0.1, -0.05) is 12.2 Å². The van der Waals surface area contributed by atoms with E-state index >= 15 is 0 Å². The number of methoxy groups -OCH3 is 2. The molecule has 2 rings (SSSR count). The molecule has 0 saturated heterocycles. The minimum atomic E-state index is -5.28. The standard InChI is InChI=1S/C18H20BrO8P.2Na.H/c1-25-15-6-5-12(17(19)18(15)27-28(22,23)24)4-3-11-7-13(9-20)14(10-21)16(8-11)26-2;;;/h3-8,20-21H,9-10H2,1-2H3,(H2,22,23,24);;;/q;2*+1;-1/p-2/b4-3-;;;. The Balaban J connectivity index is 0. The van der Waals surface area contributed by atoms with Crippen LogP contribution in [-0.2, 0) is 17.8 Å². The summed E-state index contributed by atoms with van der Waals surface area (Å²) in [6.07, 6.45) is 3.33. The van der Waals surface area contributed by atoms with E-state index in [1.807, 2.05) is 0 Å².